The summed E-state index contributed by atoms with van der Waals surface area (Å²) in [6.45, 7) is 0.956. The standard InChI is InChI=1S/C11H11Cl2F2N/c12-8-1-2-9(10(13)5-8)11(14,15)7-3-4-16-6-7/h1-2,5,7,16H,3-4,6H2. The molecule has 1 fully saturated rings. The third kappa shape index (κ3) is 2.17. The Kier molecular flexibility index (Phi) is 3.38. The fraction of sp³-hybridized carbons (Fsp3) is 0.455. The molecule has 1 saturated heterocycles. The highest BCUT2D eigenvalue weighted by Crippen LogP contribution is 2.42. The Hall–Kier alpha value is -0.380. The second kappa shape index (κ2) is 4.47. The Bertz CT molecular complexity index is 390. The lowest BCUT2D eigenvalue weighted by Gasteiger charge is -2.23. The van der Waals surface area contributed by atoms with Crippen molar-refractivity contribution >= 4 is 23.2 Å². The zero-order valence-electron chi connectivity index (χ0n) is 8.44. The fourth-order valence-electron chi connectivity index (χ4n) is 1.94. The van der Waals surface area contributed by atoms with Crippen molar-refractivity contribution in [1.29, 1.82) is 0 Å². The molecule has 16 heavy (non-hydrogen) atoms. The summed E-state index contributed by atoms with van der Waals surface area (Å²) in [5.74, 6) is -3.59. The first-order valence-electron chi connectivity index (χ1n) is 5.06. The highest BCUT2D eigenvalue weighted by molar-refractivity contribution is 6.35. The fourth-order valence-corrected chi connectivity index (χ4v) is 2.48. The van der Waals surface area contributed by atoms with Crippen molar-refractivity contribution < 1.29 is 8.78 Å². The van der Waals surface area contributed by atoms with Gasteiger partial charge in [-0.05, 0) is 25.1 Å². The van der Waals surface area contributed by atoms with Gasteiger partial charge in [0.1, 0.15) is 0 Å². The van der Waals surface area contributed by atoms with E-state index in [0.29, 0.717) is 24.5 Å². The molecule has 0 saturated carbocycles. The van der Waals surface area contributed by atoms with Crippen LogP contribution in [-0.2, 0) is 5.92 Å². The molecule has 1 N–H and O–H groups in total. The predicted octanol–water partition coefficient (Wildman–Crippen LogP) is 3.69. The van der Waals surface area contributed by atoms with Crippen LogP contribution < -0.4 is 5.32 Å². The molecule has 2 rings (SSSR count). The van der Waals surface area contributed by atoms with E-state index < -0.39 is 11.8 Å². The smallest absolute Gasteiger partial charge is 0.278 e. The van der Waals surface area contributed by atoms with Gasteiger partial charge in [-0.15, -0.1) is 0 Å². The van der Waals surface area contributed by atoms with Gasteiger partial charge in [-0.1, -0.05) is 29.3 Å². The average Bonchev–Trinajstić information content (AvgIpc) is 2.69. The van der Waals surface area contributed by atoms with Gasteiger partial charge >= 0.3 is 0 Å². The summed E-state index contributed by atoms with van der Waals surface area (Å²) in [7, 11) is 0. The summed E-state index contributed by atoms with van der Waals surface area (Å²) in [6.07, 6.45) is 0.464. The third-order valence-corrected chi connectivity index (χ3v) is 3.41. The lowest BCUT2D eigenvalue weighted by atomic mass is 9.94. The second-order valence-corrected chi connectivity index (χ2v) is 4.78. The van der Waals surface area contributed by atoms with Crippen molar-refractivity contribution in [1.82, 2.24) is 5.32 Å². The van der Waals surface area contributed by atoms with Crippen molar-refractivity contribution in [3.63, 3.8) is 0 Å². The van der Waals surface area contributed by atoms with E-state index in [2.05, 4.69) is 5.32 Å². The number of nitrogens with one attached hydrogen (secondary N) is 1. The predicted molar refractivity (Wildman–Crippen MR) is 61.3 cm³/mol. The van der Waals surface area contributed by atoms with Crippen molar-refractivity contribution in [2.75, 3.05) is 13.1 Å². The Balaban J connectivity index is 2.34. The lowest BCUT2D eigenvalue weighted by Crippen LogP contribution is -2.28. The Morgan fingerprint density at radius 3 is 2.62 bits per heavy atom. The first-order chi connectivity index (χ1) is 7.51. The van der Waals surface area contributed by atoms with Crippen LogP contribution in [0.3, 0.4) is 0 Å². The minimum Gasteiger partial charge on any atom is -0.316 e. The Morgan fingerprint density at radius 2 is 2.06 bits per heavy atom. The van der Waals surface area contributed by atoms with Gasteiger partial charge in [-0.3, -0.25) is 0 Å². The Morgan fingerprint density at radius 1 is 1.31 bits per heavy atom. The molecule has 0 amide bonds. The van der Waals surface area contributed by atoms with Crippen molar-refractivity contribution in [2.45, 2.75) is 12.3 Å². The second-order valence-electron chi connectivity index (χ2n) is 3.94. The molecule has 1 aliphatic rings. The van der Waals surface area contributed by atoms with Crippen LogP contribution in [0.15, 0.2) is 18.2 Å². The number of alkyl halides is 2. The van der Waals surface area contributed by atoms with E-state index in [1.807, 2.05) is 0 Å². The van der Waals surface area contributed by atoms with Gasteiger partial charge in [0.15, 0.2) is 0 Å². The monoisotopic (exact) mass is 265 g/mol. The summed E-state index contributed by atoms with van der Waals surface area (Å²) in [6, 6.07) is 4.11. The normalized spacial score (nSPS) is 21.4. The summed E-state index contributed by atoms with van der Waals surface area (Å²) in [5, 5.41) is 3.33. The molecule has 0 radical (unpaired) electrons. The molecule has 1 aromatic rings. The van der Waals surface area contributed by atoms with Crippen LogP contribution >= 0.6 is 23.2 Å². The molecule has 1 heterocycles. The van der Waals surface area contributed by atoms with E-state index in [0.717, 1.165) is 0 Å². The van der Waals surface area contributed by atoms with Gasteiger partial charge in [0.05, 0.1) is 5.02 Å². The van der Waals surface area contributed by atoms with Crippen LogP contribution in [0.5, 0.6) is 0 Å². The molecule has 1 nitrogen and oxygen atoms in total. The number of benzene rings is 1. The van der Waals surface area contributed by atoms with Crippen LogP contribution in [-0.4, -0.2) is 13.1 Å². The quantitative estimate of drug-likeness (QED) is 0.860. The molecule has 1 aliphatic heterocycles. The van der Waals surface area contributed by atoms with Crippen LogP contribution in [0, 0.1) is 5.92 Å². The molecule has 0 aromatic heterocycles. The van der Waals surface area contributed by atoms with Crippen LogP contribution in [0.2, 0.25) is 10.0 Å². The molecular formula is C11H11Cl2F2N. The highest BCUT2D eigenvalue weighted by Gasteiger charge is 2.43. The zero-order valence-corrected chi connectivity index (χ0v) is 9.95. The van der Waals surface area contributed by atoms with Gasteiger partial charge < -0.3 is 5.32 Å². The topological polar surface area (TPSA) is 12.0 Å². The van der Waals surface area contributed by atoms with Gasteiger partial charge in [0.25, 0.3) is 5.92 Å². The first kappa shape index (κ1) is 12.1. The maximum atomic E-state index is 14.1. The van der Waals surface area contributed by atoms with E-state index in [-0.39, 0.29) is 10.6 Å². The molecule has 1 atom stereocenters. The van der Waals surface area contributed by atoms with Crippen molar-refractivity contribution in [3.05, 3.63) is 33.8 Å². The Labute approximate surface area is 103 Å². The van der Waals surface area contributed by atoms with Crippen LogP contribution in [0.25, 0.3) is 0 Å². The van der Waals surface area contributed by atoms with E-state index in [1.165, 1.54) is 18.2 Å². The molecular weight excluding hydrogens is 255 g/mol. The SMILES string of the molecule is FC(F)(c1ccc(Cl)cc1Cl)C1CCNC1. The summed E-state index contributed by atoms with van der Waals surface area (Å²) < 4.78 is 28.2. The number of hydrogen-bond acceptors (Lipinski definition) is 1. The van der Waals surface area contributed by atoms with Gasteiger partial charge in [-0.25, -0.2) is 8.78 Å². The van der Waals surface area contributed by atoms with Gasteiger partial charge in [0, 0.05) is 23.0 Å². The van der Waals surface area contributed by atoms with E-state index in [9.17, 15) is 8.78 Å². The molecule has 0 bridgehead atoms. The maximum Gasteiger partial charge on any atom is 0.278 e. The first-order valence-corrected chi connectivity index (χ1v) is 5.81. The van der Waals surface area contributed by atoms with Gasteiger partial charge in [-0.2, -0.15) is 0 Å². The zero-order chi connectivity index (χ0) is 11.8. The highest BCUT2D eigenvalue weighted by atomic mass is 35.5. The van der Waals surface area contributed by atoms with Crippen LogP contribution in [0.4, 0.5) is 8.78 Å². The summed E-state index contributed by atoms with van der Waals surface area (Å²) in [5.41, 5.74) is -0.132. The molecule has 0 aliphatic carbocycles. The van der Waals surface area contributed by atoms with Crippen molar-refractivity contribution in [3.8, 4) is 0 Å². The number of rotatable bonds is 2. The summed E-state index contributed by atoms with van der Waals surface area (Å²) >= 11 is 11.5. The van der Waals surface area contributed by atoms with E-state index in [4.69, 9.17) is 23.2 Å². The van der Waals surface area contributed by atoms with Gasteiger partial charge in [0.2, 0.25) is 0 Å². The van der Waals surface area contributed by atoms with E-state index in [1.54, 1.807) is 0 Å². The van der Waals surface area contributed by atoms with E-state index >= 15 is 0 Å². The molecule has 1 aromatic carbocycles. The molecule has 0 spiro atoms. The summed E-state index contributed by atoms with van der Waals surface area (Å²) in [4.78, 5) is 0. The maximum absolute atomic E-state index is 14.1. The minimum atomic E-state index is -2.90. The lowest BCUT2D eigenvalue weighted by molar-refractivity contribution is -0.0574. The molecule has 88 valence electrons. The largest absolute Gasteiger partial charge is 0.316 e. The molecule has 5 heteroatoms. The van der Waals surface area contributed by atoms with Crippen LogP contribution in [0.1, 0.15) is 12.0 Å². The number of hydrogen-bond donors (Lipinski definition) is 1. The number of halogens is 4. The van der Waals surface area contributed by atoms with Crippen molar-refractivity contribution in [2.24, 2.45) is 5.92 Å². The average molecular weight is 266 g/mol. The third-order valence-electron chi connectivity index (χ3n) is 2.86. The minimum absolute atomic E-state index is 0.0319. The molecule has 1 unspecified atom stereocenters.